The molecule has 1 unspecified atom stereocenters. The minimum absolute atomic E-state index is 0.165. The number of nitriles is 1. The van der Waals surface area contributed by atoms with E-state index >= 15 is 0 Å². The summed E-state index contributed by atoms with van der Waals surface area (Å²) in [5, 5.41) is 9.30. The number of rotatable bonds is 2. The first-order valence-corrected chi connectivity index (χ1v) is 6.70. The zero-order valence-electron chi connectivity index (χ0n) is 10.4. The first-order chi connectivity index (χ1) is 8.43. The third-order valence-electron chi connectivity index (χ3n) is 3.20. The Morgan fingerprint density at radius 3 is 2.56 bits per heavy atom. The number of thiazole rings is 1. The van der Waals surface area contributed by atoms with Gasteiger partial charge in [0.2, 0.25) is 0 Å². The molecule has 3 nitrogen and oxygen atoms in total. The number of alkyl halides is 2. The Bertz CT molecular complexity index is 473. The Hall–Kier alpha value is -0.995. The van der Waals surface area contributed by atoms with Gasteiger partial charge < -0.3 is 0 Å². The maximum absolute atomic E-state index is 13.1. The van der Waals surface area contributed by atoms with Crippen molar-refractivity contribution in [1.82, 2.24) is 9.88 Å². The molecule has 1 saturated heterocycles. The van der Waals surface area contributed by atoms with E-state index in [2.05, 4.69) is 11.1 Å². The van der Waals surface area contributed by atoms with E-state index in [1.165, 1.54) is 11.3 Å². The van der Waals surface area contributed by atoms with Crippen LogP contribution in [0.5, 0.6) is 0 Å². The summed E-state index contributed by atoms with van der Waals surface area (Å²) in [7, 11) is 1.89. The van der Waals surface area contributed by atoms with E-state index < -0.39 is 12.0 Å². The minimum Gasteiger partial charge on any atom is -0.283 e. The number of nitrogens with zero attached hydrogens (tertiary/aromatic N) is 3. The maximum Gasteiger partial charge on any atom is 0.250 e. The molecule has 0 N–H and O–H groups in total. The molecular weight excluding hydrogens is 255 g/mol. The first kappa shape index (κ1) is 13.4. The van der Waals surface area contributed by atoms with Crippen molar-refractivity contribution in [1.29, 1.82) is 5.26 Å². The Balaban J connectivity index is 2.16. The van der Waals surface area contributed by atoms with Gasteiger partial charge in [-0.2, -0.15) is 5.26 Å². The van der Waals surface area contributed by atoms with Crippen LogP contribution in [0.2, 0.25) is 0 Å². The van der Waals surface area contributed by atoms with E-state index in [0.29, 0.717) is 0 Å². The van der Waals surface area contributed by atoms with Gasteiger partial charge in [-0.05, 0) is 6.92 Å². The van der Waals surface area contributed by atoms with E-state index in [1.807, 2.05) is 19.7 Å². The fraction of sp³-hybridized carbons (Fsp3) is 0.636. The second-order valence-corrected chi connectivity index (χ2v) is 5.84. The lowest BCUT2D eigenvalue weighted by atomic mass is 10.0. The molecule has 1 fully saturated rings. The van der Waals surface area contributed by atoms with E-state index in [4.69, 9.17) is 0 Å². The number of hydrogen-bond acceptors (Lipinski definition) is 4. The van der Waals surface area contributed by atoms with Crippen LogP contribution in [0.3, 0.4) is 0 Å². The zero-order valence-corrected chi connectivity index (χ0v) is 11.2. The molecule has 2 rings (SSSR count). The molecule has 0 saturated carbocycles. The highest BCUT2D eigenvalue weighted by atomic mass is 32.1. The molecule has 0 aliphatic carbocycles. The summed E-state index contributed by atoms with van der Waals surface area (Å²) in [5.41, 5.74) is 0.835. The highest BCUT2D eigenvalue weighted by Gasteiger charge is 2.37. The van der Waals surface area contributed by atoms with Crippen molar-refractivity contribution < 1.29 is 8.78 Å². The van der Waals surface area contributed by atoms with Crippen molar-refractivity contribution in [3.8, 4) is 6.07 Å². The standard InChI is InChI=1S/C11H14BF2N3S/c1-7-9(18-10(12)16-7)8(6-15)17-4-2-11(13,14)3-5-17/h8H,2-5,12H2,1H3. The van der Waals surface area contributed by atoms with Crippen molar-refractivity contribution in [2.24, 2.45) is 0 Å². The highest BCUT2D eigenvalue weighted by molar-refractivity contribution is 7.19. The van der Waals surface area contributed by atoms with Crippen LogP contribution >= 0.6 is 11.3 Å². The highest BCUT2D eigenvalue weighted by Crippen LogP contribution is 2.33. The summed E-state index contributed by atoms with van der Waals surface area (Å²) in [6.45, 7) is 2.39. The Labute approximate surface area is 110 Å². The van der Waals surface area contributed by atoms with E-state index in [9.17, 15) is 14.0 Å². The molecule has 0 spiro atoms. The molecule has 0 amide bonds. The van der Waals surface area contributed by atoms with Gasteiger partial charge in [-0.1, -0.05) is 0 Å². The van der Waals surface area contributed by atoms with Gasteiger partial charge in [0.25, 0.3) is 5.92 Å². The fourth-order valence-corrected chi connectivity index (χ4v) is 3.22. The van der Waals surface area contributed by atoms with Gasteiger partial charge in [0.1, 0.15) is 6.04 Å². The normalized spacial score (nSPS) is 21.4. The molecule has 96 valence electrons. The number of likely N-dealkylation sites (tertiary alicyclic amines) is 1. The quantitative estimate of drug-likeness (QED) is 0.752. The minimum atomic E-state index is -2.57. The average molecular weight is 269 g/mol. The Kier molecular flexibility index (Phi) is 3.69. The molecule has 18 heavy (non-hydrogen) atoms. The summed E-state index contributed by atoms with van der Waals surface area (Å²) in [6, 6.07) is 1.78. The van der Waals surface area contributed by atoms with Crippen molar-refractivity contribution in [3.63, 3.8) is 0 Å². The van der Waals surface area contributed by atoms with Crippen LogP contribution in [0, 0.1) is 18.3 Å². The summed E-state index contributed by atoms with van der Waals surface area (Å²) >= 11 is 1.48. The summed E-state index contributed by atoms with van der Waals surface area (Å²) < 4.78 is 26.2. The fourth-order valence-electron chi connectivity index (χ4n) is 2.22. The molecule has 1 aliphatic heterocycles. The number of hydrogen-bond donors (Lipinski definition) is 0. The monoisotopic (exact) mass is 269 g/mol. The van der Waals surface area contributed by atoms with Gasteiger partial charge in [0.15, 0.2) is 7.85 Å². The van der Waals surface area contributed by atoms with Crippen molar-refractivity contribution >= 4 is 24.1 Å². The maximum atomic E-state index is 13.1. The van der Waals surface area contributed by atoms with Crippen LogP contribution in [0.4, 0.5) is 8.78 Å². The zero-order chi connectivity index (χ0) is 13.3. The van der Waals surface area contributed by atoms with Crippen molar-refractivity contribution in [2.45, 2.75) is 31.7 Å². The average Bonchev–Trinajstić information content (AvgIpc) is 2.61. The van der Waals surface area contributed by atoms with Gasteiger partial charge >= 0.3 is 0 Å². The van der Waals surface area contributed by atoms with Gasteiger partial charge in [-0.15, -0.1) is 11.3 Å². The van der Waals surface area contributed by atoms with Crippen LogP contribution < -0.4 is 4.91 Å². The van der Waals surface area contributed by atoms with Gasteiger partial charge in [0, 0.05) is 30.8 Å². The number of aryl methyl sites for hydroxylation is 1. The lowest BCUT2D eigenvalue weighted by molar-refractivity contribution is -0.0593. The second-order valence-electron chi connectivity index (χ2n) is 4.61. The van der Waals surface area contributed by atoms with Gasteiger partial charge in [-0.3, -0.25) is 9.88 Å². The van der Waals surface area contributed by atoms with Crippen molar-refractivity contribution in [2.75, 3.05) is 13.1 Å². The van der Waals surface area contributed by atoms with Crippen molar-refractivity contribution in [3.05, 3.63) is 10.6 Å². The predicted octanol–water partition coefficient (Wildman–Crippen LogP) is 1.01. The molecule has 1 aromatic heterocycles. The molecule has 7 heteroatoms. The third kappa shape index (κ3) is 2.70. The number of halogens is 2. The van der Waals surface area contributed by atoms with Crippen LogP contribution in [0.25, 0.3) is 0 Å². The smallest absolute Gasteiger partial charge is 0.250 e. The van der Waals surface area contributed by atoms with E-state index in [1.54, 1.807) is 0 Å². The largest absolute Gasteiger partial charge is 0.283 e. The first-order valence-electron chi connectivity index (χ1n) is 5.88. The van der Waals surface area contributed by atoms with Crippen LogP contribution in [-0.4, -0.2) is 36.7 Å². The molecule has 1 aliphatic rings. The SMILES string of the molecule is Bc1nc(C)c(C(C#N)N2CCC(F)(F)CC2)s1. The van der Waals surface area contributed by atoms with Gasteiger partial charge in [-0.25, -0.2) is 8.78 Å². The molecule has 0 radical (unpaired) electrons. The summed E-state index contributed by atoms with van der Waals surface area (Å²) in [4.78, 5) is 7.92. The number of aromatic nitrogens is 1. The Morgan fingerprint density at radius 1 is 1.50 bits per heavy atom. The van der Waals surface area contributed by atoms with Crippen LogP contribution in [0.1, 0.15) is 29.5 Å². The summed E-state index contributed by atoms with van der Waals surface area (Å²) in [5.74, 6) is -2.57. The molecule has 1 atom stereocenters. The molecule has 1 aromatic rings. The van der Waals surface area contributed by atoms with E-state index in [0.717, 1.165) is 15.5 Å². The molecule has 0 bridgehead atoms. The topological polar surface area (TPSA) is 39.9 Å². The van der Waals surface area contributed by atoms with E-state index in [-0.39, 0.29) is 25.9 Å². The number of piperidine rings is 1. The lowest BCUT2D eigenvalue weighted by Crippen LogP contribution is -2.41. The molecule has 2 heterocycles. The molecular formula is C11H14BF2N3S. The Morgan fingerprint density at radius 2 is 2.11 bits per heavy atom. The summed E-state index contributed by atoms with van der Waals surface area (Å²) in [6.07, 6.45) is -0.329. The lowest BCUT2D eigenvalue weighted by Gasteiger charge is -2.34. The van der Waals surface area contributed by atoms with Crippen LogP contribution in [0.15, 0.2) is 0 Å². The molecule has 0 aromatic carbocycles. The van der Waals surface area contributed by atoms with Gasteiger partial charge in [0.05, 0.1) is 16.6 Å². The predicted molar refractivity (Wildman–Crippen MR) is 69.1 cm³/mol. The third-order valence-corrected chi connectivity index (χ3v) is 4.33. The second kappa shape index (κ2) is 4.94. The van der Waals surface area contributed by atoms with Crippen LogP contribution in [-0.2, 0) is 0 Å².